The molecule has 0 aliphatic carbocycles. The number of para-hydroxylation sites is 1. The van der Waals surface area contributed by atoms with Gasteiger partial charge in [-0.15, -0.1) is 0 Å². The Labute approximate surface area is 182 Å². The number of hydrogen-bond donors (Lipinski definition) is 1. The van der Waals surface area contributed by atoms with E-state index >= 15 is 0 Å². The van der Waals surface area contributed by atoms with Crippen LogP contribution in [-0.2, 0) is 4.74 Å². The molecule has 0 saturated carbocycles. The summed E-state index contributed by atoms with van der Waals surface area (Å²) in [6.07, 6.45) is 1.18. The van der Waals surface area contributed by atoms with E-state index in [0.717, 1.165) is 0 Å². The molecule has 1 N–H and O–H groups in total. The van der Waals surface area contributed by atoms with E-state index in [1.54, 1.807) is 49.5 Å². The smallest absolute Gasteiger partial charge is 0.354 e. The van der Waals surface area contributed by atoms with Gasteiger partial charge in [0, 0.05) is 12.1 Å². The van der Waals surface area contributed by atoms with Gasteiger partial charge >= 0.3 is 11.7 Å². The van der Waals surface area contributed by atoms with Gasteiger partial charge in [-0.2, -0.15) is 0 Å². The summed E-state index contributed by atoms with van der Waals surface area (Å²) in [5.41, 5.74) is 0.598. The van der Waals surface area contributed by atoms with Crippen LogP contribution in [0.4, 0.5) is 28.7 Å². The van der Waals surface area contributed by atoms with Crippen LogP contribution < -0.4 is 15.0 Å². The molecule has 0 aliphatic rings. The first kappa shape index (κ1) is 21.8. The second-order valence-electron chi connectivity index (χ2n) is 6.19. The number of benzene rings is 2. The molecule has 0 amide bonds. The standard InChI is InChI=1S/C20H18ClN5O5/c1-25(15-7-5-4-6-13(15)20(27)31-3)19-17(26(28)29)18(22-11-23-19)24-14-10-12(21)8-9-16(14)30-2/h4-11H,1-3H3,(H,22,23,24). The van der Waals surface area contributed by atoms with Crippen molar-refractivity contribution in [2.75, 3.05) is 31.5 Å². The zero-order chi connectivity index (χ0) is 22.5. The van der Waals surface area contributed by atoms with Crippen LogP contribution in [0.25, 0.3) is 0 Å². The van der Waals surface area contributed by atoms with Crippen molar-refractivity contribution in [1.82, 2.24) is 9.97 Å². The summed E-state index contributed by atoms with van der Waals surface area (Å²) in [6, 6.07) is 11.4. The van der Waals surface area contributed by atoms with Gasteiger partial charge in [-0.3, -0.25) is 10.1 Å². The predicted octanol–water partition coefficient (Wildman–Crippen LogP) is 4.34. The minimum absolute atomic E-state index is 0.0279. The zero-order valence-electron chi connectivity index (χ0n) is 16.8. The van der Waals surface area contributed by atoms with Crippen molar-refractivity contribution < 1.29 is 19.2 Å². The Morgan fingerprint density at radius 3 is 2.61 bits per heavy atom. The average molecular weight is 444 g/mol. The molecule has 0 fully saturated rings. The highest BCUT2D eigenvalue weighted by molar-refractivity contribution is 6.31. The number of nitrogens with zero attached hydrogens (tertiary/aromatic N) is 4. The fourth-order valence-corrected chi connectivity index (χ4v) is 3.11. The normalized spacial score (nSPS) is 10.3. The number of nitro groups is 1. The summed E-state index contributed by atoms with van der Waals surface area (Å²) in [6.45, 7) is 0. The number of esters is 1. The van der Waals surface area contributed by atoms with Crippen molar-refractivity contribution in [1.29, 1.82) is 0 Å². The van der Waals surface area contributed by atoms with Gasteiger partial charge in [0.2, 0.25) is 11.6 Å². The highest BCUT2D eigenvalue weighted by atomic mass is 35.5. The van der Waals surface area contributed by atoms with Crippen molar-refractivity contribution in [3.8, 4) is 5.75 Å². The Bertz CT molecular complexity index is 1140. The molecule has 2 aromatic carbocycles. The number of carbonyl (C=O) groups is 1. The molecule has 0 spiro atoms. The molecule has 0 unspecified atom stereocenters. The molecular formula is C20H18ClN5O5. The second-order valence-corrected chi connectivity index (χ2v) is 6.63. The van der Waals surface area contributed by atoms with Crippen LogP contribution in [0.5, 0.6) is 5.75 Å². The molecule has 31 heavy (non-hydrogen) atoms. The van der Waals surface area contributed by atoms with Gasteiger partial charge in [-0.25, -0.2) is 14.8 Å². The van der Waals surface area contributed by atoms with Crippen LogP contribution >= 0.6 is 11.6 Å². The van der Waals surface area contributed by atoms with Crippen LogP contribution in [0.15, 0.2) is 48.8 Å². The molecule has 0 atom stereocenters. The SMILES string of the molecule is COC(=O)c1ccccc1N(C)c1ncnc(Nc2cc(Cl)ccc2OC)c1[N+](=O)[O-]. The lowest BCUT2D eigenvalue weighted by Gasteiger charge is -2.21. The molecular weight excluding hydrogens is 426 g/mol. The average Bonchev–Trinajstić information content (AvgIpc) is 2.78. The molecule has 0 bridgehead atoms. The van der Waals surface area contributed by atoms with E-state index in [9.17, 15) is 14.9 Å². The topological polar surface area (TPSA) is 120 Å². The number of ether oxygens (including phenoxy) is 2. The molecule has 0 radical (unpaired) electrons. The van der Waals surface area contributed by atoms with Crippen LogP contribution in [-0.4, -0.2) is 42.1 Å². The largest absolute Gasteiger partial charge is 0.495 e. The zero-order valence-corrected chi connectivity index (χ0v) is 17.6. The lowest BCUT2D eigenvalue weighted by Crippen LogP contribution is -2.18. The molecule has 160 valence electrons. The van der Waals surface area contributed by atoms with E-state index in [2.05, 4.69) is 15.3 Å². The van der Waals surface area contributed by atoms with Gasteiger partial charge in [0.15, 0.2) is 0 Å². The van der Waals surface area contributed by atoms with Gasteiger partial charge < -0.3 is 19.7 Å². The number of methoxy groups -OCH3 is 2. The van der Waals surface area contributed by atoms with Crippen LogP contribution in [0.3, 0.4) is 0 Å². The summed E-state index contributed by atoms with van der Waals surface area (Å²) < 4.78 is 10.1. The number of carbonyl (C=O) groups excluding carboxylic acids is 1. The Hall–Kier alpha value is -3.92. The van der Waals surface area contributed by atoms with Crippen LogP contribution in [0.2, 0.25) is 5.02 Å². The minimum atomic E-state index is -0.605. The summed E-state index contributed by atoms with van der Waals surface area (Å²) in [5.74, 6) is -0.262. The van der Waals surface area contributed by atoms with E-state index < -0.39 is 16.6 Å². The van der Waals surface area contributed by atoms with E-state index in [0.29, 0.717) is 22.1 Å². The number of halogens is 1. The van der Waals surface area contributed by atoms with Gasteiger partial charge in [-0.1, -0.05) is 23.7 Å². The van der Waals surface area contributed by atoms with Gasteiger partial charge in [0.25, 0.3) is 0 Å². The second kappa shape index (κ2) is 9.26. The molecule has 0 aliphatic heterocycles. The Balaban J connectivity index is 2.11. The third-order valence-corrected chi connectivity index (χ3v) is 4.62. The van der Waals surface area contributed by atoms with Crippen molar-refractivity contribution in [2.24, 2.45) is 0 Å². The maximum atomic E-state index is 12.1. The van der Waals surface area contributed by atoms with Crippen LogP contribution in [0.1, 0.15) is 10.4 Å². The first-order valence-corrected chi connectivity index (χ1v) is 9.26. The Morgan fingerprint density at radius 2 is 1.94 bits per heavy atom. The quantitative estimate of drug-likeness (QED) is 0.323. The molecule has 1 heterocycles. The molecule has 0 saturated heterocycles. The molecule has 10 nitrogen and oxygen atoms in total. The maximum absolute atomic E-state index is 12.1. The minimum Gasteiger partial charge on any atom is -0.495 e. The maximum Gasteiger partial charge on any atom is 0.354 e. The van der Waals surface area contributed by atoms with Gasteiger partial charge in [0.05, 0.1) is 36.1 Å². The number of hydrogen-bond acceptors (Lipinski definition) is 9. The highest BCUT2D eigenvalue weighted by Crippen LogP contribution is 2.39. The third-order valence-electron chi connectivity index (χ3n) is 4.39. The van der Waals surface area contributed by atoms with E-state index in [4.69, 9.17) is 21.1 Å². The lowest BCUT2D eigenvalue weighted by molar-refractivity contribution is -0.383. The monoisotopic (exact) mass is 443 g/mol. The number of anilines is 4. The summed E-state index contributed by atoms with van der Waals surface area (Å²) in [7, 11) is 4.28. The van der Waals surface area contributed by atoms with Crippen molar-refractivity contribution in [2.45, 2.75) is 0 Å². The van der Waals surface area contributed by atoms with Gasteiger partial charge in [0.1, 0.15) is 12.1 Å². The fourth-order valence-electron chi connectivity index (χ4n) is 2.94. The van der Waals surface area contributed by atoms with Crippen LogP contribution in [0, 0.1) is 10.1 Å². The fraction of sp³-hybridized carbons (Fsp3) is 0.150. The molecule has 3 rings (SSSR count). The Kier molecular flexibility index (Phi) is 6.51. The first-order valence-electron chi connectivity index (χ1n) is 8.88. The molecule has 11 heteroatoms. The number of aromatic nitrogens is 2. The third kappa shape index (κ3) is 4.48. The summed E-state index contributed by atoms with van der Waals surface area (Å²) >= 11 is 6.05. The van der Waals surface area contributed by atoms with E-state index in [1.807, 2.05) is 0 Å². The lowest BCUT2D eigenvalue weighted by atomic mass is 10.1. The summed E-state index contributed by atoms with van der Waals surface area (Å²) in [5, 5.41) is 15.3. The number of nitrogens with one attached hydrogen (secondary N) is 1. The van der Waals surface area contributed by atoms with Crippen molar-refractivity contribution in [3.05, 3.63) is 69.5 Å². The first-order chi connectivity index (χ1) is 14.9. The number of rotatable bonds is 7. The molecule has 3 aromatic rings. The van der Waals surface area contributed by atoms with E-state index in [1.165, 1.54) is 25.4 Å². The predicted molar refractivity (Wildman–Crippen MR) is 116 cm³/mol. The van der Waals surface area contributed by atoms with E-state index in [-0.39, 0.29) is 17.2 Å². The molecule has 1 aromatic heterocycles. The Morgan fingerprint density at radius 1 is 1.19 bits per heavy atom. The van der Waals surface area contributed by atoms with Gasteiger partial charge in [-0.05, 0) is 30.3 Å². The highest BCUT2D eigenvalue weighted by Gasteiger charge is 2.28. The van der Waals surface area contributed by atoms with Crippen molar-refractivity contribution >= 4 is 46.3 Å². The van der Waals surface area contributed by atoms with Crippen molar-refractivity contribution in [3.63, 3.8) is 0 Å². The summed E-state index contributed by atoms with van der Waals surface area (Å²) in [4.78, 5) is 33.1.